The summed E-state index contributed by atoms with van der Waals surface area (Å²) in [5.41, 5.74) is 4.75. The van der Waals surface area contributed by atoms with Gasteiger partial charge in [0.05, 0.1) is 11.9 Å². The van der Waals surface area contributed by atoms with Crippen LogP contribution in [-0.2, 0) is 20.1 Å². The van der Waals surface area contributed by atoms with Gasteiger partial charge in [-0.05, 0) is 61.9 Å². The number of sulfone groups is 1. The highest BCUT2D eigenvalue weighted by atomic mass is 32.2. The van der Waals surface area contributed by atoms with Gasteiger partial charge in [0.25, 0.3) is 5.91 Å². The van der Waals surface area contributed by atoms with Crippen molar-refractivity contribution >= 4 is 27.3 Å². The molecule has 0 aliphatic carbocycles. The maximum atomic E-state index is 14.9. The molecule has 0 bridgehead atoms. The monoisotopic (exact) mass is 500 g/mol. The molecule has 1 aromatic heterocycles. The van der Waals surface area contributed by atoms with Crippen LogP contribution in [0.15, 0.2) is 65.8 Å². The molecular formula is C24H22F2N4O4S. The van der Waals surface area contributed by atoms with E-state index in [1.807, 2.05) is 0 Å². The van der Waals surface area contributed by atoms with Gasteiger partial charge in [-0.25, -0.2) is 22.2 Å². The van der Waals surface area contributed by atoms with Gasteiger partial charge in [-0.3, -0.25) is 9.79 Å². The third-order valence-corrected chi connectivity index (χ3v) is 8.74. The van der Waals surface area contributed by atoms with Crippen molar-refractivity contribution in [1.82, 2.24) is 4.98 Å². The number of nitrogens with zero attached hydrogens (tertiary/aromatic N) is 2. The Morgan fingerprint density at radius 1 is 1.11 bits per heavy atom. The zero-order chi connectivity index (χ0) is 25.6. The van der Waals surface area contributed by atoms with Crippen LogP contribution >= 0.6 is 0 Å². The lowest BCUT2D eigenvalue weighted by molar-refractivity contribution is 0.102. The normalized spacial score (nSPS) is 23.4. The van der Waals surface area contributed by atoms with Gasteiger partial charge in [-0.1, -0.05) is 12.1 Å². The van der Waals surface area contributed by atoms with E-state index in [-0.39, 0.29) is 34.1 Å². The van der Waals surface area contributed by atoms with Crippen LogP contribution in [0.3, 0.4) is 0 Å². The Kier molecular flexibility index (Phi) is 5.84. The largest absolute Gasteiger partial charge is 0.506 e. The Morgan fingerprint density at radius 2 is 1.86 bits per heavy atom. The van der Waals surface area contributed by atoms with E-state index in [9.17, 15) is 27.1 Å². The summed E-state index contributed by atoms with van der Waals surface area (Å²) in [4.78, 5) is 20.7. The number of pyridine rings is 1. The SMILES string of the molecule is CC1(c2cc(NC(=O)c3ccc(O)cn3)ccc2F)CS(=O)(=O)C(C)(c2cccc(F)c2)C(N)=N1. The molecule has 4 N–H and O–H groups in total. The van der Waals surface area contributed by atoms with Crippen LogP contribution in [-0.4, -0.2) is 36.0 Å². The molecule has 2 atom stereocenters. The number of rotatable bonds is 4. The summed E-state index contributed by atoms with van der Waals surface area (Å²) in [5, 5.41) is 11.9. The number of nitrogens with one attached hydrogen (secondary N) is 1. The minimum absolute atomic E-state index is 0.00764. The number of aromatic nitrogens is 1. The predicted molar refractivity (Wildman–Crippen MR) is 127 cm³/mol. The number of anilines is 1. The minimum Gasteiger partial charge on any atom is -0.506 e. The lowest BCUT2D eigenvalue weighted by Gasteiger charge is -2.40. The quantitative estimate of drug-likeness (QED) is 0.503. The number of benzene rings is 2. The van der Waals surface area contributed by atoms with Gasteiger partial charge in [0.2, 0.25) is 0 Å². The molecule has 4 rings (SSSR count). The Bertz CT molecular complexity index is 1460. The molecule has 2 aromatic carbocycles. The lowest BCUT2D eigenvalue weighted by atomic mass is 9.91. The van der Waals surface area contributed by atoms with Crippen molar-refractivity contribution in [3.05, 3.63) is 89.2 Å². The Labute approximate surface area is 200 Å². The average Bonchev–Trinajstić information content (AvgIpc) is 2.78. The molecule has 2 unspecified atom stereocenters. The minimum atomic E-state index is -4.11. The second kappa shape index (κ2) is 8.42. The van der Waals surface area contributed by atoms with E-state index in [4.69, 9.17) is 5.73 Å². The van der Waals surface area contributed by atoms with Crippen LogP contribution < -0.4 is 11.1 Å². The van der Waals surface area contributed by atoms with Crippen LogP contribution in [0.1, 0.15) is 35.5 Å². The molecule has 182 valence electrons. The number of aromatic hydroxyl groups is 1. The maximum absolute atomic E-state index is 14.9. The second-order valence-electron chi connectivity index (χ2n) is 8.62. The molecule has 1 aliphatic rings. The molecule has 0 spiro atoms. The van der Waals surface area contributed by atoms with Crippen LogP contribution in [0.25, 0.3) is 0 Å². The first-order chi connectivity index (χ1) is 16.4. The van der Waals surface area contributed by atoms with Gasteiger partial charge >= 0.3 is 0 Å². The number of hydrogen-bond donors (Lipinski definition) is 3. The fraction of sp³-hybridized carbons (Fsp3) is 0.208. The third kappa shape index (κ3) is 4.23. The van der Waals surface area contributed by atoms with E-state index in [0.717, 1.165) is 18.3 Å². The van der Waals surface area contributed by atoms with Gasteiger partial charge in [0.15, 0.2) is 14.6 Å². The maximum Gasteiger partial charge on any atom is 0.274 e. The summed E-state index contributed by atoms with van der Waals surface area (Å²) in [6.45, 7) is 2.77. The van der Waals surface area contributed by atoms with Crippen molar-refractivity contribution in [3.63, 3.8) is 0 Å². The fourth-order valence-corrected chi connectivity index (χ4v) is 6.16. The number of halogens is 2. The van der Waals surface area contributed by atoms with E-state index in [1.54, 1.807) is 0 Å². The van der Waals surface area contributed by atoms with Gasteiger partial charge in [-0.2, -0.15) is 0 Å². The van der Waals surface area contributed by atoms with Gasteiger partial charge in [-0.15, -0.1) is 0 Å². The van der Waals surface area contributed by atoms with E-state index >= 15 is 0 Å². The van der Waals surface area contributed by atoms with Crippen molar-refractivity contribution in [3.8, 4) is 5.75 Å². The van der Waals surface area contributed by atoms with Crippen molar-refractivity contribution < 1.29 is 27.1 Å². The topological polar surface area (TPSA) is 135 Å². The van der Waals surface area contributed by atoms with Crippen molar-refractivity contribution in [2.45, 2.75) is 24.1 Å². The van der Waals surface area contributed by atoms with Crippen LogP contribution in [0.4, 0.5) is 14.5 Å². The molecule has 0 fully saturated rings. The summed E-state index contributed by atoms with van der Waals surface area (Å²) < 4.78 is 54.0. The summed E-state index contributed by atoms with van der Waals surface area (Å²) in [6, 6.07) is 11.4. The van der Waals surface area contributed by atoms with Gasteiger partial charge in [0.1, 0.15) is 34.5 Å². The molecule has 3 aromatic rings. The highest BCUT2D eigenvalue weighted by Gasteiger charge is 2.53. The van der Waals surface area contributed by atoms with Crippen LogP contribution in [0, 0.1) is 11.6 Å². The molecule has 1 aliphatic heterocycles. The highest BCUT2D eigenvalue weighted by molar-refractivity contribution is 7.93. The van der Waals surface area contributed by atoms with Crippen molar-refractivity contribution in [2.24, 2.45) is 10.7 Å². The standard InChI is InChI=1S/C24H22F2N4O4S/c1-23(13-35(33,34)24(2,22(27)30-23)14-4-3-5-15(25)10-14)18-11-16(6-8-19(18)26)29-21(32)20-9-7-17(31)12-28-20/h3-12,31H,13H2,1-2H3,(H2,27,30)(H,29,32). The van der Waals surface area contributed by atoms with E-state index < -0.39 is 43.4 Å². The molecular weight excluding hydrogens is 478 g/mol. The Hall–Kier alpha value is -3.86. The number of hydrogen-bond acceptors (Lipinski definition) is 7. The lowest BCUT2D eigenvalue weighted by Crippen LogP contribution is -2.54. The van der Waals surface area contributed by atoms with Gasteiger partial charge in [0, 0.05) is 11.3 Å². The summed E-state index contributed by atoms with van der Waals surface area (Å²) in [6.07, 6.45) is 1.10. The summed E-state index contributed by atoms with van der Waals surface area (Å²) in [7, 11) is -4.11. The Morgan fingerprint density at radius 3 is 2.49 bits per heavy atom. The molecule has 1 amide bonds. The summed E-state index contributed by atoms with van der Waals surface area (Å²) in [5.74, 6) is -3.02. The van der Waals surface area contributed by atoms with E-state index in [0.29, 0.717) is 0 Å². The number of carbonyl (C=O) groups excluding carboxylic acids is 1. The average molecular weight is 501 g/mol. The molecule has 0 radical (unpaired) electrons. The molecule has 35 heavy (non-hydrogen) atoms. The zero-order valence-electron chi connectivity index (χ0n) is 18.8. The molecule has 2 heterocycles. The zero-order valence-corrected chi connectivity index (χ0v) is 19.6. The number of aliphatic imine (C=N–C) groups is 1. The van der Waals surface area contributed by atoms with Crippen molar-refractivity contribution in [2.75, 3.05) is 11.1 Å². The van der Waals surface area contributed by atoms with E-state index in [2.05, 4.69) is 15.3 Å². The number of amidine groups is 1. The Balaban J connectivity index is 1.74. The summed E-state index contributed by atoms with van der Waals surface area (Å²) >= 11 is 0. The smallest absolute Gasteiger partial charge is 0.274 e. The molecule has 8 nitrogen and oxygen atoms in total. The molecule has 0 saturated carbocycles. The van der Waals surface area contributed by atoms with Crippen molar-refractivity contribution in [1.29, 1.82) is 0 Å². The predicted octanol–water partition coefficient (Wildman–Crippen LogP) is 3.23. The highest BCUT2D eigenvalue weighted by Crippen LogP contribution is 2.43. The first-order valence-corrected chi connectivity index (χ1v) is 12.1. The second-order valence-corrected chi connectivity index (χ2v) is 11.0. The van der Waals surface area contributed by atoms with Crippen LogP contribution in [0.2, 0.25) is 0 Å². The number of nitrogens with two attached hydrogens (primary N) is 1. The van der Waals surface area contributed by atoms with Crippen LogP contribution in [0.5, 0.6) is 5.75 Å². The first kappa shape index (κ1) is 24.3. The van der Waals surface area contributed by atoms with E-state index in [1.165, 1.54) is 56.3 Å². The number of amides is 1. The third-order valence-electron chi connectivity index (χ3n) is 6.11. The van der Waals surface area contributed by atoms with Gasteiger partial charge < -0.3 is 16.2 Å². The molecule has 11 heteroatoms. The number of carbonyl (C=O) groups is 1. The molecule has 0 saturated heterocycles. The fourth-order valence-electron chi connectivity index (χ4n) is 4.06. The first-order valence-electron chi connectivity index (χ1n) is 10.5.